The van der Waals surface area contributed by atoms with Crippen LogP contribution in [-0.2, 0) is 24.2 Å². The average Bonchev–Trinajstić information content (AvgIpc) is 2.79. The van der Waals surface area contributed by atoms with Gasteiger partial charge in [0.25, 0.3) is 5.91 Å². The van der Waals surface area contributed by atoms with E-state index in [9.17, 15) is 18.0 Å². The number of rotatable bonds is 4. The van der Waals surface area contributed by atoms with E-state index in [-0.39, 0.29) is 21.9 Å². The van der Waals surface area contributed by atoms with E-state index in [2.05, 4.69) is 0 Å². The summed E-state index contributed by atoms with van der Waals surface area (Å²) >= 11 is 0. The standard InChI is InChI=1S/C16H15N3O5S/c1-18-12-8-7-10(9-13(12)19(2)16(18)21)25(22,23)24-14-6-4-3-5-11(14)15(17)20/h3-9H,1-2H3,(H2,17,20). The first-order chi connectivity index (χ1) is 11.7. The van der Waals surface area contributed by atoms with Crippen molar-refractivity contribution in [3.8, 4) is 5.75 Å². The van der Waals surface area contributed by atoms with E-state index >= 15 is 0 Å². The second-order valence-corrected chi connectivity index (χ2v) is 7.00. The van der Waals surface area contributed by atoms with E-state index < -0.39 is 16.0 Å². The van der Waals surface area contributed by atoms with Gasteiger partial charge in [0.15, 0.2) is 5.75 Å². The van der Waals surface area contributed by atoms with Crippen LogP contribution in [0.2, 0.25) is 0 Å². The number of fused-ring (bicyclic) bond motifs is 1. The number of nitrogens with zero attached hydrogens (tertiary/aromatic N) is 2. The molecule has 0 radical (unpaired) electrons. The van der Waals surface area contributed by atoms with Crippen molar-refractivity contribution in [2.24, 2.45) is 19.8 Å². The molecule has 25 heavy (non-hydrogen) atoms. The average molecular weight is 361 g/mol. The van der Waals surface area contributed by atoms with E-state index in [4.69, 9.17) is 9.92 Å². The van der Waals surface area contributed by atoms with E-state index in [1.54, 1.807) is 20.2 Å². The Balaban J connectivity index is 2.10. The number of primary amides is 1. The first-order valence-corrected chi connectivity index (χ1v) is 8.62. The van der Waals surface area contributed by atoms with E-state index in [0.29, 0.717) is 11.0 Å². The van der Waals surface area contributed by atoms with Gasteiger partial charge in [-0.3, -0.25) is 13.9 Å². The minimum absolute atomic E-state index is 0.0423. The van der Waals surface area contributed by atoms with Crippen LogP contribution in [0.5, 0.6) is 5.75 Å². The monoisotopic (exact) mass is 361 g/mol. The van der Waals surface area contributed by atoms with Gasteiger partial charge in [0, 0.05) is 14.1 Å². The third kappa shape index (κ3) is 2.78. The van der Waals surface area contributed by atoms with Gasteiger partial charge in [0.1, 0.15) is 4.90 Å². The predicted octanol–water partition coefficient (Wildman–Crippen LogP) is 0.744. The molecule has 1 amide bonds. The van der Waals surface area contributed by atoms with Gasteiger partial charge in [-0.1, -0.05) is 12.1 Å². The Kier molecular flexibility index (Phi) is 3.88. The molecule has 0 spiro atoms. The van der Waals surface area contributed by atoms with Crippen molar-refractivity contribution in [2.45, 2.75) is 4.90 Å². The molecule has 2 N–H and O–H groups in total. The third-order valence-corrected chi connectivity index (χ3v) is 5.11. The fraction of sp³-hybridized carbons (Fsp3) is 0.125. The molecule has 0 bridgehead atoms. The molecule has 0 aliphatic heterocycles. The highest BCUT2D eigenvalue weighted by Crippen LogP contribution is 2.24. The highest BCUT2D eigenvalue weighted by atomic mass is 32.2. The van der Waals surface area contributed by atoms with Crippen molar-refractivity contribution in [3.05, 3.63) is 58.5 Å². The van der Waals surface area contributed by atoms with Crippen molar-refractivity contribution in [3.63, 3.8) is 0 Å². The molecule has 0 aliphatic rings. The number of carbonyl (C=O) groups excluding carboxylic acids is 1. The molecule has 9 heteroatoms. The second-order valence-electron chi connectivity index (χ2n) is 5.45. The third-order valence-electron chi connectivity index (χ3n) is 3.88. The zero-order valence-electron chi connectivity index (χ0n) is 13.5. The fourth-order valence-corrected chi connectivity index (χ4v) is 3.52. The fourth-order valence-electron chi connectivity index (χ4n) is 2.55. The van der Waals surface area contributed by atoms with Gasteiger partial charge in [0.2, 0.25) is 0 Å². The number of amides is 1. The van der Waals surface area contributed by atoms with Crippen LogP contribution in [0.1, 0.15) is 10.4 Å². The normalized spacial score (nSPS) is 11.6. The van der Waals surface area contributed by atoms with Gasteiger partial charge in [-0.05, 0) is 30.3 Å². The number of carbonyl (C=O) groups is 1. The zero-order chi connectivity index (χ0) is 18.4. The Morgan fingerprint density at radius 2 is 1.68 bits per heavy atom. The minimum atomic E-state index is -4.21. The predicted molar refractivity (Wildman–Crippen MR) is 90.9 cm³/mol. The molecular weight excluding hydrogens is 346 g/mol. The number of aromatic nitrogens is 2. The summed E-state index contributed by atoms with van der Waals surface area (Å²) in [6, 6.07) is 9.99. The minimum Gasteiger partial charge on any atom is -0.378 e. The van der Waals surface area contributed by atoms with Crippen molar-refractivity contribution in [1.82, 2.24) is 9.13 Å². The molecule has 1 aromatic heterocycles. The molecule has 3 rings (SSSR count). The van der Waals surface area contributed by atoms with Gasteiger partial charge in [-0.15, -0.1) is 0 Å². The molecule has 0 saturated heterocycles. The summed E-state index contributed by atoms with van der Waals surface area (Å²) in [5, 5.41) is 0. The first kappa shape index (κ1) is 16.8. The number of aryl methyl sites for hydroxylation is 2. The highest BCUT2D eigenvalue weighted by molar-refractivity contribution is 7.87. The molecule has 3 aromatic rings. The van der Waals surface area contributed by atoms with Crippen LogP contribution in [0.25, 0.3) is 11.0 Å². The van der Waals surface area contributed by atoms with Crippen molar-refractivity contribution < 1.29 is 17.4 Å². The maximum Gasteiger partial charge on any atom is 0.339 e. The molecule has 2 aromatic carbocycles. The number of imidazole rings is 1. The molecule has 0 atom stereocenters. The van der Waals surface area contributed by atoms with Crippen LogP contribution >= 0.6 is 0 Å². The van der Waals surface area contributed by atoms with Gasteiger partial charge >= 0.3 is 15.8 Å². The van der Waals surface area contributed by atoms with E-state index in [0.717, 1.165) is 0 Å². The number of nitrogens with two attached hydrogens (primary N) is 1. The van der Waals surface area contributed by atoms with E-state index in [1.165, 1.54) is 45.5 Å². The van der Waals surface area contributed by atoms with Crippen LogP contribution in [0.4, 0.5) is 0 Å². The molecule has 0 unspecified atom stereocenters. The van der Waals surface area contributed by atoms with Crippen molar-refractivity contribution in [2.75, 3.05) is 0 Å². The Hall–Kier alpha value is -3.07. The molecule has 0 aliphatic carbocycles. The zero-order valence-corrected chi connectivity index (χ0v) is 14.3. The lowest BCUT2D eigenvalue weighted by Gasteiger charge is -2.10. The summed E-state index contributed by atoms with van der Waals surface area (Å²) in [6.45, 7) is 0. The topological polar surface area (TPSA) is 113 Å². The molecule has 0 fully saturated rings. The number of benzene rings is 2. The summed E-state index contributed by atoms with van der Waals surface area (Å²) < 4.78 is 32.9. The van der Waals surface area contributed by atoms with Gasteiger partial charge < -0.3 is 9.92 Å². The summed E-state index contributed by atoms with van der Waals surface area (Å²) in [6.07, 6.45) is 0. The quantitative estimate of drug-likeness (QED) is 0.689. The highest BCUT2D eigenvalue weighted by Gasteiger charge is 2.21. The van der Waals surface area contributed by atoms with Crippen molar-refractivity contribution in [1.29, 1.82) is 0 Å². The summed E-state index contributed by atoms with van der Waals surface area (Å²) in [5.41, 5.74) is 5.95. The largest absolute Gasteiger partial charge is 0.378 e. The summed E-state index contributed by atoms with van der Waals surface area (Å²) in [4.78, 5) is 23.2. The Morgan fingerprint density at radius 3 is 2.36 bits per heavy atom. The first-order valence-electron chi connectivity index (χ1n) is 7.21. The lowest BCUT2D eigenvalue weighted by Crippen LogP contribution is -2.19. The molecule has 130 valence electrons. The summed E-state index contributed by atoms with van der Waals surface area (Å²) in [5.74, 6) is -0.955. The maximum absolute atomic E-state index is 12.6. The lowest BCUT2D eigenvalue weighted by atomic mass is 10.2. The van der Waals surface area contributed by atoms with Crippen LogP contribution in [0.15, 0.2) is 52.2 Å². The van der Waals surface area contributed by atoms with Crippen LogP contribution in [0.3, 0.4) is 0 Å². The molecular formula is C16H15N3O5S. The van der Waals surface area contributed by atoms with Crippen LogP contribution < -0.4 is 15.6 Å². The lowest BCUT2D eigenvalue weighted by molar-refractivity contribution is 0.0999. The summed E-state index contributed by atoms with van der Waals surface area (Å²) in [7, 11) is -1.07. The maximum atomic E-state index is 12.6. The van der Waals surface area contributed by atoms with Gasteiger partial charge in [-0.2, -0.15) is 8.42 Å². The number of para-hydroxylation sites is 1. The SMILES string of the molecule is Cn1c(=O)n(C)c2cc(S(=O)(=O)Oc3ccccc3C(N)=O)ccc21. The number of hydrogen-bond acceptors (Lipinski definition) is 5. The molecule has 1 heterocycles. The molecule has 0 saturated carbocycles. The van der Waals surface area contributed by atoms with E-state index in [1.807, 2.05) is 0 Å². The van der Waals surface area contributed by atoms with Crippen LogP contribution in [-0.4, -0.2) is 23.5 Å². The number of hydrogen-bond donors (Lipinski definition) is 1. The van der Waals surface area contributed by atoms with Crippen molar-refractivity contribution >= 4 is 27.1 Å². The smallest absolute Gasteiger partial charge is 0.339 e. The van der Waals surface area contributed by atoms with Gasteiger partial charge in [-0.25, -0.2) is 4.79 Å². The van der Waals surface area contributed by atoms with Crippen LogP contribution in [0, 0.1) is 0 Å². The van der Waals surface area contributed by atoms with Gasteiger partial charge in [0.05, 0.1) is 16.6 Å². The Labute approximate surface area is 143 Å². The second kappa shape index (κ2) is 5.78. The Bertz CT molecular complexity index is 1160. The molecule has 8 nitrogen and oxygen atoms in total. The Morgan fingerprint density at radius 1 is 1.04 bits per heavy atom.